The highest BCUT2D eigenvalue weighted by atomic mass is 16.6. The van der Waals surface area contributed by atoms with Crippen LogP contribution in [0, 0.1) is 10.1 Å². The van der Waals surface area contributed by atoms with E-state index in [0.717, 1.165) is 12.1 Å². The van der Waals surface area contributed by atoms with Gasteiger partial charge in [-0.15, -0.1) is 0 Å². The van der Waals surface area contributed by atoms with Crippen LogP contribution in [0.25, 0.3) is 0 Å². The quantitative estimate of drug-likeness (QED) is 0.648. The summed E-state index contributed by atoms with van der Waals surface area (Å²) in [5.41, 5.74) is 2.70. The van der Waals surface area contributed by atoms with Gasteiger partial charge in [-0.2, -0.15) is 0 Å². The van der Waals surface area contributed by atoms with Crippen molar-refractivity contribution in [1.29, 1.82) is 0 Å². The van der Waals surface area contributed by atoms with Crippen molar-refractivity contribution in [3.63, 3.8) is 0 Å². The Balaban J connectivity index is 1.52. The molecular formula is C19H21N3O3. The molecular weight excluding hydrogens is 318 g/mol. The van der Waals surface area contributed by atoms with E-state index in [0.29, 0.717) is 12.1 Å². The summed E-state index contributed by atoms with van der Waals surface area (Å²) in [6.45, 7) is 3.76. The minimum absolute atomic E-state index is 0.0230. The van der Waals surface area contributed by atoms with Crippen LogP contribution in [-0.2, 0) is 13.1 Å². The van der Waals surface area contributed by atoms with Crippen molar-refractivity contribution in [2.45, 2.75) is 25.9 Å². The fourth-order valence-corrected chi connectivity index (χ4v) is 2.98. The summed E-state index contributed by atoms with van der Waals surface area (Å²) in [6.07, 6.45) is 2.57. The zero-order chi connectivity index (χ0) is 17.6. The van der Waals surface area contributed by atoms with Gasteiger partial charge in [-0.1, -0.05) is 24.3 Å². The number of nitrogens with zero attached hydrogens (tertiary/aromatic N) is 2. The molecule has 6 heteroatoms. The van der Waals surface area contributed by atoms with E-state index in [1.165, 1.54) is 55.8 Å². The first-order chi connectivity index (χ1) is 12.1. The monoisotopic (exact) mass is 339 g/mol. The molecule has 25 heavy (non-hydrogen) atoms. The van der Waals surface area contributed by atoms with E-state index in [4.69, 9.17) is 0 Å². The molecule has 0 bridgehead atoms. The molecule has 2 aromatic rings. The number of rotatable bonds is 6. The molecule has 0 aliphatic carbocycles. The van der Waals surface area contributed by atoms with Gasteiger partial charge in [0.2, 0.25) is 0 Å². The lowest BCUT2D eigenvalue weighted by atomic mass is 10.1. The second-order valence-electron chi connectivity index (χ2n) is 6.29. The third-order valence-corrected chi connectivity index (χ3v) is 4.42. The summed E-state index contributed by atoms with van der Waals surface area (Å²) in [7, 11) is 0. The number of nitro benzene ring substituents is 1. The van der Waals surface area contributed by atoms with Crippen LogP contribution in [0.15, 0.2) is 48.5 Å². The molecule has 0 radical (unpaired) electrons. The molecule has 0 spiro atoms. The van der Waals surface area contributed by atoms with Crippen LogP contribution in [0.3, 0.4) is 0 Å². The predicted octanol–water partition coefficient (Wildman–Crippen LogP) is 3.12. The fourth-order valence-electron chi connectivity index (χ4n) is 2.98. The van der Waals surface area contributed by atoms with E-state index in [-0.39, 0.29) is 11.6 Å². The first kappa shape index (κ1) is 17.1. The maximum Gasteiger partial charge on any atom is 0.269 e. The minimum Gasteiger partial charge on any atom is -0.348 e. The van der Waals surface area contributed by atoms with Gasteiger partial charge in [-0.25, -0.2) is 0 Å². The zero-order valence-corrected chi connectivity index (χ0v) is 14.0. The van der Waals surface area contributed by atoms with Crippen molar-refractivity contribution in [2.24, 2.45) is 0 Å². The first-order valence-corrected chi connectivity index (χ1v) is 8.44. The molecule has 2 aromatic carbocycles. The molecule has 1 heterocycles. The largest absolute Gasteiger partial charge is 0.348 e. The Kier molecular flexibility index (Phi) is 5.40. The first-order valence-electron chi connectivity index (χ1n) is 8.44. The van der Waals surface area contributed by atoms with Gasteiger partial charge in [-0.3, -0.25) is 19.8 Å². The third-order valence-electron chi connectivity index (χ3n) is 4.42. The number of nitrogens with one attached hydrogen (secondary N) is 1. The topological polar surface area (TPSA) is 75.5 Å². The molecule has 1 N–H and O–H groups in total. The number of hydrogen-bond donors (Lipinski definition) is 1. The minimum atomic E-state index is -0.481. The van der Waals surface area contributed by atoms with Gasteiger partial charge in [0, 0.05) is 30.8 Å². The van der Waals surface area contributed by atoms with Crippen LogP contribution in [-0.4, -0.2) is 28.8 Å². The second-order valence-corrected chi connectivity index (χ2v) is 6.29. The lowest BCUT2D eigenvalue weighted by molar-refractivity contribution is -0.384. The molecule has 1 fully saturated rings. The summed E-state index contributed by atoms with van der Waals surface area (Å²) in [5.74, 6) is -0.240. The highest BCUT2D eigenvalue weighted by Crippen LogP contribution is 2.14. The second kappa shape index (κ2) is 7.90. The molecule has 1 saturated heterocycles. The van der Waals surface area contributed by atoms with Crippen LogP contribution < -0.4 is 5.32 Å². The standard InChI is InChI=1S/C19H21N3O3/c23-19(17-7-9-18(10-8-17)22(24)25)20-13-15-3-5-16(6-4-15)14-21-11-1-2-12-21/h3-10H,1-2,11-14H2,(H,20,23). The smallest absolute Gasteiger partial charge is 0.269 e. The van der Waals surface area contributed by atoms with E-state index in [2.05, 4.69) is 22.3 Å². The van der Waals surface area contributed by atoms with Crippen LogP contribution in [0.2, 0.25) is 0 Å². The molecule has 6 nitrogen and oxygen atoms in total. The van der Waals surface area contributed by atoms with Crippen molar-refractivity contribution >= 4 is 11.6 Å². The molecule has 0 atom stereocenters. The maximum atomic E-state index is 12.1. The number of hydrogen-bond acceptors (Lipinski definition) is 4. The summed E-state index contributed by atoms with van der Waals surface area (Å²) in [4.78, 5) is 24.7. The summed E-state index contributed by atoms with van der Waals surface area (Å²) >= 11 is 0. The Labute approximate surface area is 146 Å². The fraction of sp³-hybridized carbons (Fsp3) is 0.316. The third kappa shape index (κ3) is 4.64. The van der Waals surface area contributed by atoms with E-state index in [1.54, 1.807) is 0 Å². The Bertz CT molecular complexity index is 736. The number of non-ortho nitro benzene ring substituents is 1. The Morgan fingerprint density at radius 2 is 1.60 bits per heavy atom. The van der Waals surface area contributed by atoms with Crippen LogP contribution in [0.1, 0.15) is 34.3 Å². The molecule has 1 aliphatic heterocycles. The van der Waals surface area contributed by atoms with Gasteiger partial charge in [-0.05, 0) is 49.2 Å². The highest BCUT2D eigenvalue weighted by Gasteiger charge is 2.12. The van der Waals surface area contributed by atoms with Gasteiger partial charge in [0.15, 0.2) is 0 Å². The Morgan fingerprint density at radius 3 is 2.20 bits per heavy atom. The number of likely N-dealkylation sites (tertiary alicyclic amines) is 1. The zero-order valence-electron chi connectivity index (χ0n) is 14.0. The maximum absolute atomic E-state index is 12.1. The van der Waals surface area contributed by atoms with Gasteiger partial charge >= 0.3 is 0 Å². The van der Waals surface area contributed by atoms with Crippen molar-refractivity contribution in [3.8, 4) is 0 Å². The number of benzene rings is 2. The normalized spacial score (nSPS) is 14.4. The highest BCUT2D eigenvalue weighted by molar-refractivity contribution is 5.94. The average Bonchev–Trinajstić information content (AvgIpc) is 3.14. The molecule has 0 aromatic heterocycles. The molecule has 130 valence electrons. The van der Waals surface area contributed by atoms with E-state index >= 15 is 0 Å². The summed E-state index contributed by atoms with van der Waals surface area (Å²) < 4.78 is 0. The number of amides is 1. The number of carbonyl (C=O) groups is 1. The number of nitro groups is 1. The van der Waals surface area contributed by atoms with Crippen LogP contribution in [0.5, 0.6) is 0 Å². The van der Waals surface area contributed by atoms with Crippen molar-refractivity contribution in [1.82, 2.24) is 10.2 Å². The summed E-state index contributed by atoms with van der Waals surface area (Å²) in [5, 5.41) is 13.5. The summed E-state index contributed by atoms with van der Waals surface area (Å²) in [6, 6.07) is 13.9. The molecule has 1 aliphatic rings. The van der Waals surface area contributed by atoms with E-state index in [9.17, 15) is 14.9 Å². The lowest BCUT2D eigenvalue weighted by Crippen LogP contribution is -2.22. The average molecular weight is 339 g/mol. The molecule has 3 rings (SSSR count). The molecule has 1 amide bonds. The van der Waals surface area contributed by atoms with Crippen LogP contribution >= 0.6 is 0 Å². The van der Waals surface area contributed by atoms with E-state index in [1.807, 2.05) is 12.1 Å². The van der Waals surface area contributed by atoms with Gasteiger partial charge < -0.3 is 5.32 Å². The molecule has 0 unspecified atom stereocenters. The van der Waals surface area contributed by atoms with Crippen molar-refractivity contribution in [3.05, 3.63) is 75.3 Å². The van der Waals surface area contributed by atoms with Crippen molar-refractivity contribution < 1.29 is 9.72 Å². The Hall–Kier alpha value is -2.73. The lowest BCUT2D eigenvalue weighted by Gasteiger charge is -2.14. The number of carbonyl (C=O) groups excluding carboxylic acids is 1. The van der Waals surface area contributed by atoms with Gasteiger partial charge in [0.1, 0.15) is 0 Å². The molecule has 0 saturated carbocycles. The van der Waals surface area contributed by atoms with E-state index < -0.39 is 4.92 Å². The van der Waals surface area contributed by atoms with Gasteiger partial charge in [0.25, 0.3) is 11.6 Å². The van der Waals surface area contributed by atoms with Crippen molar-refractivity contribution in [2.75, 3.05) is 13.1 Å². The SMILES string of the molecule is O=C(NCc1ccc(CN2CCCC2)cc1)c1ccc([N+](=O)[O-])cc1. The predicted molar refractivity (Wildman–Crippen MR) is 95.2 cm³/mol. The van der Waals surface area contributed by atoms with Gasteiger partial charge in [0.05, 0.1) is 4.92 Å². The Morgan fingerprint density at radius 1 is 1.00 bits per heavy atom. The van der Waals surface area contributed by atoms with Crippen LogP contribution in [0.4, 0.5) is 5.69 Å².